The molecule has 0 saturated carbocycles. The number of aromatic nitrogens is 1. The highest BCUT2D eigenvalue weighted by atomic mass is 127. The van der Waals surface area contributed by atoms with Crippen LogP contribution in [0.3, 0.4) is 0 Å². The van der Waals surface area contributed by atoms with E-state index in [1.807, 2.05) is 18.3 Å². The summed E-state index contributed by atoms with van der Waals surface area (Å²) in [5, 5.41) is 4.12. The highest BCUT2D eigenvalue weighted by molar-refractivity contribution is 14.1. The normalized spacial score (nSPS) is 11.6. The molecule has 2 N–H and O–H groups in total. The zero-order chi connectivity index (χ0) is 22.0. The lowest BCUT2D eigenvalue weighted by Gasteiger charge is -2.12. The lowest BCUT2D eigenvalue weighted by Crippen LogP contribution is -2.25. The Kier molecular flexibility index (Phi) is 6.09. The standard InChI is InChI=1S/C25H21F2IN2O/c1-25(26,27)20-7-3-5-17(13-20)16-4-2-6-18(12-16)24(31)29-11-10-19-15-30-23-9-8-21(28)14-22(19)23/h2-9,12-15,30H,10-11H2,1H3,(H,29,31). The fourth-order valence-corrected chi connectivity index (χ4v) is 4.07. The van der Waals surface area contributed by atoms with Crippen LogP contribution in [0.1, 0.15) is 28.4 Å². The fraction of sp³-hybridized carbons (Fsp3) is 0.160. The molecule has 31 heavy (non-hydrogen) atoms. The van der Waals surface area contributed by atoms with E-state index < -0.39 is 5.92 Å². The van der Waals surface area contributed by atoms with Gasteiger partial charge >= 0.3 is 0 Å². The Morgan fingerprint density at radius 1 is 1.03 bits per heavy atom. The summed E-state index contributed by atoms with van der Waals surface area (Å²) in [6, 6.07) is 19.5. The highest BCUT2D eigenvalue weighted by Gasteiger charge is 2.24. The molecule has 0 unspecified atom stereocenters. The minimum Gasteiger partial charge on any atom is -0.361 e. The van der Waals surface area contributed by atoms with E-state index in [1.54, 1.807) is 30.3 Å². The van der Waals surface area contributed by atoms with Crippen LogP contribution < -0.4 is 5.32 Å². The van der Waals surface area contributed by atoms with Crippen LogP contribution in [0.25, 0.3) is 22.0 Å². The lowest BCUT2D eigenvalue weighted by atomic mass is 9.99. The maximum absolute atomic E-state index is 13.7. The molecule has 0 saturated heterocycles. The van der Waals surface area contributed by atoms with Crippen molar-refractivity contribution in [3.8, 4) is 11.1 Å². The molecule has 0 aliphatic rings. The van der Waals surface area contributed by atoms with Crippen LogP contribution >= 0.6 is 22.6 Å². The van der Waals surface area contributed by atoms with E-state index in [4.69, 9.17) is 0 Å². The molecular formula is C25H21F2IN2O. The second-order valence-electron chi connectivity index (χ2n) is 7.56. The van der Waals surface area contributed by atoms with E-state index >= 15 is 0 Å². The van der Waals surface area contributed by atoms with Gasteiger partial charge in [-0.3, -0.25) is 4.79 Å². The lowest BCUT2D eigenvalue weighted by molar-refractivity contribution is 0.0175. The number of benzene rings is 3. The Balaban J connectivity index is 1.45. The number of H-pyrrole nitrogens is 1. The van der Waals surface area contributed by atoms with Gasteiger partial charge in [0.2, 0.25) is 0 Å². The SMILES string of the molecule is CC(F)(F)c1cccc(-c2cccc(C(=O)NCCc3c[nH]c4ccc(I)cc34)c2)c1. The van der Waals surface area contributed by atoms with Crippen LogP contribution in [0.5, 0.6) is 0 Å². The molecule has 3 aromatic carbocycles. The van der Waals surface area contributed by atoms with Gasteiger partial charge in [0.25, 0.3) is 11.8 Å². The third kappa shape index (κ3) is 4.95. The van der Waals surface area contributed by atoms with Crippen molar-refractivity contribution in [2.45, 2.75) is 19.3 Å². The largest absolute Gasteiger partial charge is 0.361 e. The molecule has 0 aliphatic carbocycles. The van der Waals surface area contributed by atoms with Gasteiger partial charge in [0.1, 0.15) is 0 Å². The van der Waals surface area contributed by atoms with Crippen LogP contribution in [-0.2, 0) is 12.3 Å². The molecule has 1 heterocycles. The van der Waals surface area contributed by atoms with E-state index in [2.05, 4.69) is 45.0 Å². The number of aromatic amines is 1. The van der Waals surface area contributed by atoms with Gasteiger partial charge in [0, 0.05) is 45.3 Å². The van der Waals surface area contributed by atoms with E-state index in [1.165, 1.54) is 12.1 Å². The van der Waals surface area contributed by atoms with E-state index in [0.717, 1.165) is 32.5 Å². The predicted octanol–water partition coefficient (Wildman–Crippen LogP) is 6.52. The monoisotopic (exact) mass is 530 g/mol. The van der Waals surface area contributed by atoms with Crippen molar-refractivity contribution in [1.82, 2.24) is 10.3 Å². The van der Waals surface area contributed by atoms with Crippen molar-refractivity contribution in [2.24, 2.45) is 0 Å². The maximum Gasteiger partial charge on any atom is 0.270 e. The molecule has 4 rings (SSSR count). The number of rotatable bonds is 6. The molecule has 6 heteroatoms. The molecule has 0 bridgehead atoms. The minimum absolute atomic E-state index is 0.0479. The summed E-state index contributed by atoms with van der Waals surface area (Å²) in [6.45, 7) is 1.38. The first-order valence-electron chi connectivity index (χ1n) is 9.94. The topological polar surface area (TPSA) is 44.9 Å². The number of carbonyl (C=O) groups excluding carboxylic acids is 1. The van der Waals surface area contributed by atoms with Gasteiger partial charge in [-0.15, -0.1) is 0 Å². The molecule has 0 spiro atoms. The summed E-state index contributed by atoms with van der Waals surface area (Å²) in [5.41, 5.74) is 4.06. The fourth-order valence-electron chi connectivity index (χ4n) is 3.58. The number of fused-ring (bicyclic) bond motifs is 1. The number of alkyl halides is 2. The van der Waals surface area contributed by atoms with Crippen molar-refractivity contribution < 1.29 is 13.6 Å². The summed E-state index contributed by atoms with van der Waals surface area (Å²) < 4.78 is 28.5. The minimum atomic E-state index is -2.91. The molecule has 158 valence electrons. The van der Waals surface area contributed by atoms with E-state index in [0.29, 0.717) is 24.1 Å². The van der Waals surface area contributed by atoms with Gasteiger partial charge in [0.05, 0.1) is 0 Å². The third-order valence-electron chi connectivity index (χ3n) is 5.24. The number of nitrogens with one attached hydrogen (secondary N) is 2. The number of halogens is 3. The summed E-state index contributed by atoms with van der Waals surface area (Å²) >= 11 is 2.29. The number of carbonyl (C=O) groups is 1. The van der Waals surface area contributed by atoms with E-state index in [9.17, 15) is 13.6 Å². The molecule has 0 atom stereocenters. The average Bonchev–Trinajstić information content (AvgIpc) is 3.15. The Hall–Kier alpha value is -2.74. The van der Waals surface area contributed by atoms with Gasteiger partial charge < -0.3 is 10.3 Å². The number of amides is 1. The molecule has 1 amide bonds. The Bertz CT molecular complexity index is 1240. The zero-order valence-corrected chi connectivity index (χ0v) is 19.0. The van der Waals surface area contributed by atoms with E-state index in [-0.39, 0.29) is 11.5 Å². The zero-order valence-electron chi connectivity index (χ0n) is 16.9. The van der Waals surface area contributed by atoms with Gasteiger partial charge in [-0.25, -0.2) is 8.78 Å². The van der Waals surface area contributed by atoms with Crippen LogP contribution in [0.15, 0.2) is 72.9 Å². The van der Waals surface area contributed by atoms with Crippen molar-refractivity contribution in [3.05, 3.63) is 93.2 Å². The summed E-state index contributed by atoms with van der Waals surface area (Å²) in [5.74, 6) is -3.10. The van der Waals surface area contributed by atoms with Crippen molar-refractivity contribution in [1.29, 1.82) is 0 Å². The second-order valence-corrected chi connectivity index (χ2v) is 8.81. The number of hydrogen-bond donors (Lipinski definition) is 2. The molecule has 1 aromatic heterocycles. The smallest absolute Gasteiger partial charge is 0.270 e. The van der Waals surface area contributed by atoms with Crippen LogP contribution in [0.4, 0.5) is 8.78 Å². The molecule has 0 aliphatic heterocycles. The molecular weight excluding hydrogens is 509 g/mol. The Morgan fingerprint density at radius 2 is 1.77 bits per heavy atom. The molecule has 0 fully saturated rings. The first kappa shape index (κ1) is 21.5. The quantitative estimate of drug-likeness (QED) is 0.274. The van der Waals surface area contributed by atoms with Gasteiger partial charge in [-0.05, 0) is 82.1 Å². The first-order chi connectivity index (χ1) is 14.8. The number of hydrogen-bond acceptors (Lipinski definition) is 1. The van der Waals surface area contributed by atoms with Crippen LogP contribution in [0.2, 0.25) is 0 Å². The Morgan fingerprint density at radius 3 is 2.55 bits per heavy atom. The van der Waals surface area contributed by atoms with Gasteiger partial charge in [-0.2, -0.15) is 0 Å². The third-order valence-corrected chi connectivity index (χ3v) is 5.91. The van der Waals surface area contributed by atoms with Gasteiger partial charge in [0.15, 0.2) is 0 Å². The maximum atomic E-state index is 13.7. The first-order valence-corrected chi connectivity index (χ1v) is 11.0. The average molecular weight is 530 g/mol. The highest BCUT2D eigenvalue weighted by Crippen LogP contribution is 2.30. The molecule has 3 nitrogen and oxygen atoms in total. The Labute approximate surface area is 193 Å². The van der Waals surface area contributed by atoms with Crippen LogP contribution in [-0.4, -0.2) is 17.4 Å². The molecule has 0 radical (unpaired) electrons. The van der Waals surface area contributed by atoms with Crippen molar-refractivity contribution >= 4 is 39.4 Å². The molecule has 4 aromatic rings. The second kappa shape index (κ2) is 8.78. The van der Waals surface area contributed by atoms with Crippen molar-refractivity contribution in [2.75, 3.05) is 6.54 Å². The van der Waals surface area contributed by atoms with Crippen LogP contribution in [0, 0.1) is 3.57 Å². The van der Waals surface area contributed by atoms with Crippen molar-refractivity contribution in [3.63, 3.8) is 0 Å². The summed E-state index contributed by atoms with van der Waals surface area (Å²) in [4.78, 5) is 15.9. The predicted molar refractivity (Wildman–Crippen MR) is 128 cm³/mol. The summed E-state index contributed by atoms with van der Waals surface area (Å²) in [6.07, 6.45) is 2.68. The van der Waals surface area contributed by atoms with Gasteiger partial charge in [-0.1, -0.05) is 30.3 Å². The summed E-state index contributed by atoms with van der Waals surface area (Å²) in [7, 11) is 0.